The van der Waals surface area contributed by atoms with E-state index in [9.17, 15) is 0 Å². The summed E-state index contributed by atoms with van der Waals surface area (Å²) in [6.45, 7) is 45.9. The lowest BCUT2D eigenvalue weighted by atomic mass is 10.0. The number of ether oxygens (including phenoxy) is 4. The van der Waals surface area contributed by atoms with Gasteiger partial charge in [0.2, 0.25) is 0 Å². The number of rotatable bonds is 4. The predicted octanol–water partition coefficient (Wildman–Crippen LogP) is 6.79. The van der Waals surface area contributed by atoms with Crippen molar-refractivity contribution in [1.29, 1.82) is 0 Å². The van der Waals surface area contributed by atoms with E-state index in [1.807, 2.05) is 0 Å². The molecule has 4 rings (SSSR count). The van der Waals surface area contributed by atoms with Crippen molar-refractivity contribution in [3.05, 3.63) is 0 Å². The number of nitrogens with zero attached hydrogens (tertiary/aromatic N) is 4. The third-order valence-corrected chi connectivity index (χ3v) is 10.1. The van der Waals surface area contributed by atoms with Crippen LogP contribution in [0.15, 0.2) is 0 Å². The first kappa shape index (κ1) is 43.7. The van der Waals surface area contributed by atoms with Crippen LogP contribution in [-0.4, -0.2) is 144 Å². The molecule has 8 nitrogen and oxygen atoms in total. The van der Waals surface area contributed by atoms with Gasteiger partial charge >= 0.3 is 0 Å². The van der Waals surface area contributed by atoms with Crippen LogP contribution in [-0.2, 0) is 18.9 Å². The van der Waals surface area contributed by atoms with Gasteiger partial charge in [-0.3, -0.25) is 19.6 Å². The van der Waals surface area contributed by atoms with Crippen molar-refractivity contribution in [2.24, 2.45) is 0 Å². The standard InChI is InChI=1S/2C10H21NO.2C9H19NO/c1-7(2)11-8(3)6-12-10(5)9(11)4;1-7(2)11-6-8(3)12-10(5)9(11)4;1-7(2)10-8(3)5-11-6-9(10)4;1-7(2)10-5-8(3)11-9(4)6-10/h2*7-10H,6H2,1-5H3;2*7-9H,5-6H2,1-4H3. The maximum absolute atomic E-state index is 5.74. The minimum absolute atomic E-state index is 0.371. The monoisotopic (exact) mass is 657 g/mol. The van der Waals surface area contributed by atoms with Gasteiger partial charge in [0, 0.05) is 74.0 Å². The lowest BCUT2D eigenvalue weighted by molar-refractivity contribution is -0.108. The average molecular weight is 657 g/mol. The Hall–Kier alpha value is -0.320. The molecule has 4 heterocycles. The molecule has 0 amide bonds. The highest BCUT2D eigenvalue weighted by atomic mass is 16.5. The van der Waals surface area contributed by atoms with E-state index < -0.39 is 0 Å². The topological polar surface area (TPSA) is 49.9 Å². The van der Waals surface area contributed by atoms with E-state index >= 15 is 0 Å². The van der Waals surface area contributed by atoms with E-state index in [1.165, 1.54) is 0 Å². The molecule has 4 saturated heterocycles. The smallest absolute Gasteiger partial charge is 0.0703 e. The summed E-state index contributed by atoms with van der Waals surface area (Å²) in [6, 6.07) is 5.39. The Bertz CT molecular complexity index is 779. The van der Waals surface area contributed by atoms with Gasteiger partial charge in [-0.1, -0.05) is 0 Å². The quantitative estimate of drug-likeness (QED) is 0.328. The summed E-state index contributed by atoms with van der Waals surface area (Å²) in [5.41, 5.74) is 0. The van der Waals surface area contributed by atoms with Crippen molar-refractivity contribution in [3.63, 3.8) is 0 Å². The molecular formula is C38H80N4O4. The number of hydrogen-bond acceptors (Lipinski definition) is 8. The summed E-state index contributed by atoms with van der Waals surface area (Å²) in [7, 11) is 0. The summed E-state index contributed by atoms with van der Waals surface area (Å²) in [4.78, 5) is 10.0. The molecule has 0 aliphatic carbocycles. The Labute approximate surface area is 287 Å². The van der Waals surface area contributed by atoms with Crippen molar-refractivity contribution in [2.45, 2.75) is 210 Å². The summed E-state index contributed by atoms with van der Waals surface area (Å²) < 4.78 is 22.4. The zero-order valence-corrected chi connectivity index (χ0v) is 33.7. The zero-order chi connectivity index (χ0) is 35.5. The molecule has 0 aromatic rings. The predicted molar refractivity (Wildman–Crippen MR) is 196 cm³/mol. The Morgan fingerprint density at radius 3 is 1.30 bits per heavy atom. The van der Waals surface area contributed by atoms with Crippen LogP contribution in [0.25, 0.3) is 0 Å². The minimum atomic E-state index is 0.371. The molecule has 46 heavy (non-hydrogen) atoms. The van der Waals surface area contributed by atoms with Gasteiger partial charge in [-0.2, -0.15) is 0 Å². The van der Waals surface area contributed by atoms with E-state index in [0.29, 0.717) is 84.9 Å². The lowest BCUT2D eigenvalue weighted by Crippen LogP contribution is -2.56. The van der Waals surface area contributed by atoms with Crippen LogP contribution in [0.5, 0.6) is 0 Å². The molecule has 4 aliphatic rings. The molecule has 0 N–H and O–H groups in total. The fraction of sp³-hybridized carbons (Fsp3) is 1.00. The molecule has 0 saturated carbocycles. The first-order chi connectivity index (χ1) is 21.3. The van der Waals surface area contributed by atoms with Crippen molar-refractivity contribution >= 4 is 0 Å². The highest BCUT2D eigenvalue weighted by Crippen LogP contribution is 2.21. The second kappa shape index (κ2) is 21.0. The molecule has 0 aromatic carbocycles. The molecular weight excluding hydrogens is 576 g/mol. The summed E-state index contributed by atoms with van der Waals surface area (Å²) in [6.07, 6.45) is 1.95. The molecule has 0 radical (unpaired) electrons. The van der Waals surface area contributed by atoms with Gasteiger partial charge in [0.25, 0.3) is 0 Å². The molecule has 0 aromatic heterocycles. The van der Waals surface area contributed by atoms with Gasteiger partial charge in [0.1, 0.15) is 0 Å². The average Bonchev–Trinajstić information content (AvgIpc) is 2.93. The van der Waals surface area contributed by atoms with Crippen molar-refractivity contribution < 1.29 is 18.9 Å². The van der Waals surface area contributed by atoms with Crippen LogP contribution < -0.4 is 0 Å². The normalized spacial score (nSPS) is 36.9. The number of hydrogen-bond donors (Lipinski definition) is 0. The van der Waals surface area contributed by atoms with E-state index in [1.54, 1.807) is 0 Å². The lowest BCUT2D eigenvalue weighted by Gasteiger charge is -2.44. The van der Waals surface area contributed by atoms with Crippen LogP contribution in [0, 0.1) is 0 Å². The third kappa shape index (κ3) is 14.3. The minimum Gasteiger partial charge on any atom is -0.378 e. The fourth-order valence-corrected chi connectivity index (χ4v) is 7.75. The summed E-state index contributed by atoms with van der Waals surface area (Å²) >= 11 is 0. The van der Waals surface area contributed by atoms with Crippen LogP contribution >= 0.6 is 0 Å². The summed E-state index contributed by atoms with van der Waals surface area (Å²) in [5.74, 6) is 0. The van der Waals surface area contributed by atoms with Crippen LogP contribution in [0.1, 0.15) is 125 Å². The molecule has 8 heteroatoms. The maximum atomic E-state index is 5.74. The maximum Gasteiger partial charge on any atom is 0.0703 e. The van der Waals surface area contributed by atoms with Crippen LogP contribution in [0.4, 0.5) is 0 Å². The van der Waals surface area contributed by atoms with Gasteiger partial charge in [0.05, 0.1) is 50.3 Å². The Balaban J connectivity index is 0.000000307. The van der Waals surface area contributed by atoms with Gasteiger partial charge in [-0.25, -0.2) is 0 Å². The van der Waals surface area contributed by atoms with Crippen molar-refractivity contribution in [2.75, 3.05) is 39.5 Å². The van der Waals surface area contributed by atoms with Crippen LogP contribution in [0.3, 0.4) is 0 Å². The highest BCUT2D eigenvalue weighted by molar-refractivity contribution is 4.85. The van der Waals surface area contributed by atoms with Crippen molar-refractivity contribution in [3.8, 4) is 0 Å². The second-order valence-electron chi connectivity index (χ2n) is 15.9. The zero-order valence-electron chi connectivity index (χ0n) is 33.7. The molecule has 0 spiro atoms. The molecule has 10 atom stereocenters. The molecule has 4 fully saturated rings. The Kier molecular flexibility index (Phi) is 20.0. The van der Waals surface area contributed by atoms with Gasteiger partial charge in [0.15, 0.2) is 0 Å². The fourth-order valence-electron chi connectivity index (χ4n) is 7.75. The van der Waals surface area contributed by atoms with Gasteiger partial charge in [-0.15, -0.1) is 0 Å². The molecule has 10 unspecified atom stereocenters. The highest BCUT2D eigenvalue weighted by Gasteiger charge is 2.32. The molecule has 4 aliphatic heterocycles. The Morgan fingerprint density at radius 2 is 0.913 bits per heavy atom. The first-order valence-electron chi connectivity index (χ1n) is 18.8. The van der Waals surface area contributed by atoms with Crippen molar-refractivity contribution in [1.82, 2.24) is 19.6 Å². The second-order valence-corrected chi connectivity index (χ2v) is 15.9. The first-order valence-corrected chi connectivity index (χ1v) is 18.8. The number of morpholine rings is 4. The Morgan fingerprint density at radius 1 is 0.457 bits per heavy atom. The van der Waals surface area contributed by atoms with Crippen LogP contribution in [0.2, 0.25) is 0 Å². The SMILES string of the molecule is CC(C)N1C(C)COCC1C.CC1CN(C(C)C)C(C)C(C)O1.CC1CN(C(C)C)CC(C)O1.CC1OCC(C)N(C(C)C)C1C. The molecule has 0 bridgehead atoms. The van der Waals surface area contributed by atoms with E-state index in [0.717, 1.165) is 39.5 Å². The van der Waals surface area contributed by atoms with Gasteiger partial charge in [-0.05, 0) is 125 Å². The molecule has 276 valence electrons. The van der Waals surface area contributed by atoms with E-state index in [4.69, 9.17) is 18.9 Å². The van der Waals surface area contributed by atoms with E-state index in [-0.39, 0.29) is 0 Å². The van der Waals surface area contributed by atoms with Gasteiger partial charge < -0.3 is 18.9 Å². The largest absolute Gasteiger partial charge is 0.378 e. The van der Waals surface area contributed by atoms with E-state index in [2.05, 4.69) is 144 Å². The summed E-state index contributed by atoms with van der Waals surface area (Å²) in [5, 5.41) is 0. The third-order valence-electron chi connectivity index (χ3n) is 10.1.